The Labute approximate surface area is 192 Å². The zero-order chi connectivity index (χ0) is 23.3. The summed E-state index contributed by atoms with van der Waals surface area (Å²) in [5.41, 5.74) is 4.80. The highest BCUT2D eigenvalue weighted by atomic mass is 32.2. The summed E-state index contributed by atoms with van der Waals surface area (Å²) < 4.78 is 26.2. The van der Waals surface area contributed by atoms with Gasteiger partial charge in [0.1, 0.15) is 6.04 Å². The molecule has 0 spiro atoms. The van der Waals surface area contributed by atoms with Crippen molar-refractivity contribution in [2.45, 2.75) is 59.2 Å². The third-order valence-corrected chi connectivity index (χ3v) is 7.39. The predicted molar refractivity (Wildman–Crippen MR) is 130 cm³/mol. The van der Waals surface area contributed by atoms with E-state index in [0.29, 0.717) is 12.2 Å². The molecule has 1 heterocycles. The molecule has 1 aliphatic rings. The Hall–Kier alpha value is -2.38. The van der Waals surface area contributed by atoms with Crippen LogP contribution < -0.4 is 9.62 Å². The molecule has 7 heteroatoms. The number of hydrogen-bond acceptors (Lipinski definition) is 4. The number of carbonyl (C=O) groups excluding carboxylic acids is 1. The van der Waals surface area contributed by atoms with Gasteiger partial charge in [-0.05, 0) is 81.1 Å². The van der Waals surface area contributed by atoms with Gasteiger partial charge in [-0.25, -0.2) is 8.42 Å². The van der Waals surface area contributed by atoms with Crippen LogP contribution in [-0.4, -0.2) is 44.6 Å². The number of hydrogen-bond donors (Lipinski definition) is 1. The molecular weight excluding hydrogens is 422 g/mol. The average molecular weight is 458 g/mol. The van der Waals surface area contributed by atoms with Gasteiger partial charge in [-0.15, -0.1) is 0 Å². The second-order valence-corrected chi connectivity index (χ2v) is 10.7. The monoisotopic (exact) mass is 457 g/mol. The first-order chi connectivity index (χ1) is 15.1. The molecule has 1 unspecified atom stereocenters. The number of benzene rings is 2. The lowest BCUT2D eigenvalue weighted by Crippen LogP contribution is -2.47. The van der Waals surface area contributed by atoms with Crippen LogP contribution in [0.15, 0.2) is 42.5 Å². The molecule has 0 saturated carbocycles. The summed E-state index contributed by atoms with van der Waals surface area (Å²) in [6.45, 7) is 9.09. The van der Waals surface area contributed by atoms with Crippen molar-refractivity contribution in [1.82, 2.24) is 10.2 Å². The zero-order valence-corrected chi connectivity index (χ0v) is 20.4. The highest BCUT2D eigenvalue weighted by Gasteiger charge is 2.29. The normalized spacial score (nSPS) is 15.9. The van der Waals surface area contributed by atoms with Crippen LogP contribution in [0.4, 0.5) is 5.69 Å². The van der Waals surface area contributed by atoms with E-state index in [1.54, 1.807) is 13.0 Å². The summed E-state index contributed by atoms with van der Waals surface area (Å²) in [5.74, 6) is -0.324. The molecule has 1 aliphatic heterocycles. The first kappa shape index (κ1) is 24.3. The Morgan fingerprint density at radius 2 is 1.72 bits per heavy atom. The maximum Gasteiger partial charge on any atom is 0.243 e. The fourth-order valence-electron chi connectivity index (χ4n) is 4.22. The second kappa shape index (κ2) is 10.5. The number of carbonyl (C=O) groups is 1. The number of piperidine rings is 1. The number of sulfonamides is 1. The minimum absolute atomic E-state index is 0.324. The standard InChI is InChI=1S/C25H35N3O3S/c1-19-11-12-24(15-20(19)2)28(32(4,30)31)21(3)25(29)26-17-22-9-8-10-23(16-22)18-27-13-6-5-7-14-27/h8-12,15-16,21H,5-7,13-14,17-18H2,1-4H3,(H,26,29). The Kier molecular flexibility index (Phi) is 7.96. The number of amides is 1. The summed E-state index contributed by atoms with van der Waals surface area (Å²) in [6.07, 6.45) is 4.96. The van der Waals surface area contributed by atoms with Crippen molar-refractivity contribution in [3.05, 3.63) is 64.7 Å². The minimum atomic E-state index is -3.63. The molecule has 3 rings (SSSR count). The molecule has 0 aliphatic carbocycles. The van der Waals surface area contributed by atoms with Gasteiger partial charge in [-0.3, -0.25) is 14.0 Å². The van der Waals surface area contributed by atoms with Gasteiger partial charge in [-0.2, -0.15) is 0 Å². The van der Waals surface area contributed by atoms with Crippen LogP contribution in [0.25, 0.3) is 0 Å². The maximum absolute atomic E-state index is 12.9. The van der Waals surface area contributed by atoms with Gasteiger partial charge in [0.05, 0.1) is 11.9 Å². The SMILES string of the molecule is Cc1ccc(N(C(C)C(=O)NCc2cccc(CN3CCCCC3)c2)S(C)(=O)=O)cc1C. The lowest BCUT2D eigenvalue weighted by Gasteiger charge is -2.29. The van der Waals surface area contributed by atoms with E-state index in [4.69, 9.17) is 0 Å². The van der Waals surface area contributed by atoms with Crippen molar-refractivity contribution < 1.29 is 13.2 Å². The molecule has 1 saturated heterocycles. The minimum Gasteiger partial charge on any atom is -0.350 e. The van der Waals surface area contributed by atoms with E-state index in [-0.39, 0.29) is 5.91 Å². The van der Waals surface area contributed by atoms with Crippen molar-refractivity contribution in [3.8, 4) is 0 Å². The van der Waals surface area contributed by atoms with Gasteiger partial charge in [0.15, 0.2) is 0 Å². The molecule has 0 bridgehead atoms. The molecule has 0 aromatic heterocycles. The average Bonchev–Trinajstić information content (AvgIpc) is 2.74. The van der Waals surface area contributed by atoms with Crippen molar-refractivity contribution in [3.63, 3.8) is 0 Å². The smallest absolute Gasteiger partial charge is 0.243 e. The molecule has 6 nitrogen and oxygen atoms in total. The molecular formula is C25H35N3O3S. The number of aryl methyl sites for hydroxylation is 2. The number of likely N-dealkylation sites (tertiary alicyclic amines) is 1. The highest BCUT2D eigenvalue weighted by molar-refractivity contribution is 7.92. The maximum atomic E-state index is 12.9. The van der Waals surface area contributed by atoms with Gasteiger partial charge in [0.25, 0.3) is 0 Å². The quantitative estimate of drug-likeness (QED) is 0.655. The van der Waals surface area contributed by atoms with E-state index < -0.39 is 16.1 Å². The fraction of sp³-hybridized carbons (Fsp3) is 0.480. The van der Waals surface area contributed by atoms with E-state index >= 15 is 0 Å². The predicted octanol–water partition coefficient (Wildman–Crippen LogP) is 3.76. The number of anilines is 1. The first-order valence-electron chi connectivity index (χ1n) is 11.3. The highest BCUT2D eigenvalue weighted by Crippen LogP contribution is 2.24. The third kappa shape index (κ3) is 6.33. The number of nitrogens with zero attached hydrogens (tertiary/aromatic N) is 2. The molecule has 2 aromatic rings. The van der Waals surface area contributed by atoms with Gasteiger partial charge in [0.2, 0.25) is 15.9 Å². The molecule has 32 heavy (non-hydrogen) atoms. The Balaban J connectivity index is 1.67. The van der Waals surface area contributed by atoms with Gasteiger partial charge < -0.3 is 5.32 Å². The summed E-state index contributed by atoms with van der Waals surface area (Å²) in [4.78, 5) is 15.4. The van der Waals surface area contributed by atoms with E-state index in [1.165, 1.54) is 29.1 Å². The summed E-state index contributed by atoms with van der Waals surface area (Å²) in [5, 5.41) is 2.92. The van der Waals surface area contributed by atoms with Crippen LogP contribution in [0.3, 0.4) is 0 Å². The van der Waals surface area contributed by atoms with Gasteiger partial charge in [-0.1, -0.05) is 36.8 Å². The van der Waals surface area contributed by atoms with Crippen LogP contribution >= 0.6 is 0 Å². The van der Waals surface area contributed by atoms with E-state index in [0.717, 1.165) is 42.6 Å². The van der Waals surface area contributed by atoms with Crippen molar-refractivity contribution >= 4 is 21.6 Å². The Bertz CT molecular complexity index is 1050. The molecule has 1 atom stereocenters. The molecule has 1 fully saturated rings. The van der Waals surface area contributed by atoms with E-state index in [9.17, 15) is 13.2 Å². The zero-order valence-electron chi connectivity index (χ0n) is 19.6. The van der Waals surface area contributed by atoms with Crippen LogP contribution in [0, 0.1) is 13.8 Å². The number of rotatable bonds is 8. The third-order valence-electron chi connectivity index (χ3n) is 6.15. The van der Waals surface area contributed by atoms with Gasteiger partial charge >= 0.3 is 0 Å². The van der Waals surface area contributed by atoms with Crippen molar-refractivity contribution in [2.24, 2.45) is 0 Å². The van der Waals surface area contributed by atoms with Crippen molar-refractivity contribution in [2.75, 3.05) is 23.7 Å². The number of nitrogens with one attached hydrogen (secondary N) is 1. The lowest BCUT2D eigenvalue weighted by molar-refractivity contribution is -0.122. The second-order valence-electron chi connectivity index (χ2n) is 8.88. The lowest BCUT2D eigenvalue weighted by atomic mass is 10.1. The summed E-state index contributed by atoms with van der Waals surface area (Å²) in [7, 11) is -3.63. The van der Waals surface area contributed by atoms with Gasteiger partial charge in [0, 0.05) is 13.1 Å². The van der Waals surface area contributed by atoms with E-state index in [2.05, 4.69) is 22.3 Å². The fourth-order valence-corrected chi connectivity index (χ4v) is 5.39. The Morgan fingerprint density at radius 1 is 1.03 bits per heavy atom. The van der Waals surface area contributed by atoms with Crippen LogP contribution in [0.2, 0.25) is 0 Å². The van der Waals surface area contributed by atoms with Crippen LogP contribution in [0.5, 0.6) is 0 Å². The molecule has 1 amide bonds. The topological polar surface area (TPSA) is 69.7 Å². The molecule has 2 aromatic carbocycles. The van der Waals surface area contributed by atoms with Crippen molar-refractivity contribution in [1.29, 1.82) is 0 Å². The largest absolute Gasteiger partial charge is 0.350 e. The molecule has 0 radical (unpaired) electrons. The summed E-state index contributed by atoms with van der Waals surface area (Å²) >= 11 is 0. The summed E-state index contributed by atoms with van der Waals surface area (Å²) in [6, 6.07) is 12.8. The van der Waals surface area contributed by atoms with Crippen LogP contribution in [-0.2, 0) is 27.9 Å². The van der Waals surface area contributed by atoms with Crippen LogP contribution in [0.1, 0.15) is 48.4 Å². The van der Waals surface area contributed by atoms with E-state index in [1.807, 2.05) is 38.1 Å². The first-order valence-corrected chi connectivity index (χ1v) is 13.1. The molecule has 174 valence electrons. The molecule has 1 N–H and O–H groups in total. The Morgan fingerprint density at radius 3 is 2.38 bits per heavy atom.